The number of ether oxygens (including phenoxy) is 1. The van der Waals surface area contributed by atoms with E-state index in [2.05, 4.69) is 10.3 Å². The maximum Gasteiger partial charge on any atom is 0.410 e. The number of carbonyl (C=O) groups is 1. The number of hydrogen-bond acceptors (Lipinski definition) is 4. The molecule has 0 spiro atoms. The van der Waals surface area contributed by atoms with Crippen molar-refractivity contribution in [3.63, 3.8) is 0 Å². The smallest absolute Gasteiger partial charge is 0.410 e. The van der Waals surface area contributed by atoms with Crippen molar-refractivity contribution >= 4 is 11.9 Å². The largest absolute Gasteiger partial charge is 0.444 e. The average Bonchev–Trinajstić information content (AvgIpc) is 2.30. The van der Waals surface area contributed by atoms with Gasteiger partial charge in [0.15, 0.2) is 0 Å². The third-order valence-corrected chi connectivity index (χ3v) is 3.77. The van der Waals surface area contributed by atoms with Crippen molar-refractivity contribution in [2.24, 2.45) is 10.9 Å². The molecular weight excluding hydrogens is 254 g/mol. The van der Waals surface area contributed by atoms with E-state index < -0.39 is 5.60 Å². The van der Waals surface area contributed by atoms with Gasteiger partial charge in [0.1, 0.15) is 11.4 Å². The first-order chi connectivity index (χ1) is 9.44. The van der Waals surface area contributed by atoms with E-state index in [0.717, 1.165) is 18.3 Å². The molecule has 0 aromatic heterocycles. The minimum absolute atomic E-state index is 0.245. The number of nitrogens with zero attached hydrogens (tertiary/aromatic N) is 2. The molecule has 1 N–H and O–H groups in total. The van der Waals surface area contributed by atoms with E-state index in [4.69, 9.17) is 4.74 Å². The topological polar surface area (TPSA) is 53.9 Å². The van der Waals surface area contributed by atoms with Crippen molar-refractivity contribution < 1.29 is 9.53 Å². The molecule has 2 aliphatic rings. The Morgan fingerprint density at radius 3 is 2.80 bits per heavy atom. The molecule has 0 aromatic rings. The predicted molar refractivity (Wildman–Crippen MR) is 80.1 cm³/mol. The van der Waals surface area contributed by atoms with Gasteiger partial charge in [-0.1, -0.05) is 19.3 Å². The van der Waals surface area contributed by atoms with Crippen LogP contribution in [0, 0.1) is 5.92 Å². The number of aliphatic imine (C=N–C) groups is 1. The standard InChI is InChI=1S/C15H27N3O2/c1-15(2,3)20-14(19)18-10-9-17-13(11-18)16-8-7-12-5-4-6-12/h12H,4-11H2,1-3H3,(H,16,17). The van der Waals surface area contributed by atoms with Crippen LogP contribution in [0.4, 0.5) is 4.79 Å². The Bertz CT molecular complexity index is 370. The summed E-state index contributed by atoms with van der Waals surface area (Å²) >= 11 is 0. The molecule has 0 unspecified atom stereocenters. The van der Waals surface area contributed by atoms with Crippen LogP contribution in [-0.4, -0.2) is 48.6 Å². The van der Waals surface area contributed by atoms with Gasteiger partial charge >= 0.3 is 6.09 Å². The lowest BCUT2D eigenvalue weighted by Gasteiger charge is -2.30. The summed E-state index contributed by atoms with van der Waals surface area (Å²) in [6, 6.07) is 0. The molecule has 0 saturated heterocycles. The molecule has 0 bridgehead atoms. The van der Waals surface area contributed by atoms with Gasteiger partial charge in [-0.05, 0) is 33.1 Å². The van der Waals surface area contributed by atoms with Crippen LogP contribution in [0.15, 0.2) is 4.99 Å². The number of carbonyl (C=O) groups excluding carboxylic acids is 1. The SMILES string of the molecule is CC(C)(C)OC(=O)N1CCN=C(NCCC2CCC2)C1. The molecule has 2 rings (SSSR count). The first-order valence-corrected chi connectivity index (χ1v) is 7.69. The van der Waals surface area contributed by atoms with Crippen molar-refractivity contribution in [1.82, 2.24) is 10.2 Å². The van der Waals surface area contributed by atoms with Gasteiger partial charge in [0.25, 0.3) is 0 Å². The van der Waals surface area contributed by atoms with Crippen molar-refractivity contribution in [3.05, 3.63) is 0 Å². The first-order valence-electron chi connectivity index (χ1n) is 7.69. The van der Waals surface area contributed by atoms with Crippen molar-refractivity contribution in [2.75, 3.05) is 26.2 Å². The van der Waals surface area contributed by atoms with Gasteiger partial charge in [-0.3, -0.25) is 9.89 Å². The Morgan fingerprint density at radius 1 is 1.45 bits per heavy atom. The number of amidine groups is 1. The lowest BCUT2D eigenvalue weighted by molar-refractivity contribution is 0.0276. The highest BCUT2D eigenvalue weighted by molar-refractivity contribution is 5.87. The highest BCUT2D eigenvalue weighted by Crippen LogP contribution is 2.28. The zero-order chi connectivity index (χ0) is 14.6. The summed E-state index contributed by atoms with van der Waals surface area (Å²) in [5, 5.41) is 3.37. The van der Waals surface area contributed by atoms with Crippen LogP contribution < -0.4 is 5.32 Å². The van der Waals surface area contributed by atoms with Crippen LogP contribution in [0.3, 0.4) is 0 Å². The van der Waals surface area contributed by atoms with Crippen LogP contribution >= 0.6 is 0 Å². The molecule has 0 aromatic carbocycles. The Kier molecular flexibility index (Phi) is 4.89. The highest BCUT2D eigenvalue weighted by atomic mass is 16.6. The molecule has 1 aliphatic carbocycles. The van der Waals surface area contributed by atoms with Gasteiger partial charge < -0.3 is 10.1 Å². The van der Waals surface area contributed by atoms with Gasteiger partial charge in [-0.15, -0.1) is 0 Å². The van der Waals surface area contributed by atoms with E-state index in [0.29, 0.717) is 19.6 Å². The molecule has 0 atom stereocenters. The maximum absolute atomic E-state index is 12.0. The Morgan fingerprint density at radius 2 is 2.20 bits per heavy atom. The van der Waals surface area contributed by atoms with Crippen LogP contribution in [-0.2, 0) is 4.74 Å². The second-order valence-corrected chi connectivity index (χ2v) is 6.74. The zero-order valence-electron chi connectivity index (χ0n) is 12.9. The van der Waals surface area contributed by atoms with E-state index in [-0.39, 0.29) is 6.09 Å². The number of hydrogen-bond donors (Lipinski definition) is 1. The molecule has 5 nitrogen and oxygen atoms in total. The van der Waals surface area contributed by atoms with Crippen LogP contribution in [0.25, 0.3) is 0 Å². The number of nitrogens with one attached hydrogen (secondary N) is 1. The van der Waals surface area contributed by atoms with Gasteiger partial charge in [0, 0.05) is 13.1 Å². The fourth-order valence-corrected chi connectivity index (χ4v) is 2.41. The molecule has 5 heteroatoms. The summed E-state index contributed by atoms with van der Waals surface area (Å²) in [5.41, 5.74) is -0.441. The third-order valence-electron chi connectivity index (χ3n) is 3.77. The van der Waals surface area contributed by atoms with Gasteiger partial charge in [-0.2, -0.15) is 0 Å². The lowest BCUT2D eigenvalue weighted by Crippen LogP contribution is -2.47. The molecule has 1 aliphatic heterocycles. The second-order valence-electron chi connectivity index (χ2n) is 6.74. The molecule has 1 saturated carbocycles. The second kappa shape index (κ2) is 6.46. The monoisotopic (exact) mass is 281 g/mol. The van der Waals surface area contributed by atoms with Gasteiger partial charge in [0.05, 0.1) is 13.1 Å². The van der Waals surface area contributed by atoms with E-state index in [1.54, 1.807) is 4.90 Å². The predicted octanol–water partition coefficient (Wildman–Crippen LogP) is 2.42. The first kappa shape index (κ1) is 15.1. The van der Waals surface area contributed by atoms with E-state index in [1.807, 2.05) is 20.8 Å². The molecular formula is C15H27N3O2. The summed E-state index contributed by atoms with van der Waals surface area (Å²) in [6.07, 6.45) is 5.10. The Balaban J connectivity index is 1.72. The normalized spacial score (nSPS) is 20.1. The Hall–Kier alpha value is -1.26. The number of rotatable bonds is 3. The van der Waals surface area contributed by atoms with Crippen LogP contribution in [0.2, 0.25) is 0 Å². The quantitative estimate of drug-likeness (QED) is 0.864. The molecule has 114 valence electrons. The minimum atomic E-state index is -0.441. The third kappa shape index (κ3) is 4.69. The lowest BCUT2D eigenvalue weighted by atomic mass is 9.83. The molecule has 1 fully saturated rings. The summed E-state index contributed by atoms with van der Waals surface area (Å²) in [6.45, 7) is 8.47. The molecule has 1 amide bonds. The summed E-state index contributed by atoms with van der Waals surface area (Å²) < 4.78 is 5.40. The van der Waals surface area contributed by atoms with Crippen LogP contribution in [0.5, 0.6) is 0 Å². The molecule has 1 heterocycles. The minimum Gasteiger partial charge on any atom is -0.444 e. The molecule has 0 radical (unpaired) electrons. The summed E-state index contributed by atoms with van der Waals surface area (Å²) in [7, 11) is 0. The van der Waals surface area contributed by atoms with Gasteiger partial charge in [-0.25, -0.2) is 4.79 Å². The zero-order valence-corrected chi connectivity index (χ0v) is 12.9. The maximum atomic E-state index is 12.0. The fourth-order valence-electron chi connectivity index (χ4n) is 2.41. The summed E-state index contributed by atoms with van der Waals surface area (Å²) in [4.78, 5) is 18.2. The van der Waals surface area contributed by atoms with E-state index >= 15 is 0 Å². The van der Waals surface area contributed by atoms with Crippen molar-refractivity contribution in [3.8, 4) is 0 Å². The van der Waals surface area contributed by atoms with Gasteiger partial charge in [0.2, 0.25) is 0 Å². The fraction of sp³-hybridized carbons (Fsp3) is 0.867. The van der Waals surface area contributed by atoms with Crippen LogP contribution in [0.1, 0.15) is 46.5 Å². The molecule has 20 heavy (non-hydrogen) atoms. The van der Waals surface area contributed by atoms with Crippen molar-refractivity contribution in [2.45, 2.75) is 52.1 Å². The van der Waals surface area contributed by atoms with E-state index in [9.17, 15) is 4.79 Å². The average molecular weight is 281 g/mol. The number of amides is 1. The van der Waals surface area contributed by atoms with Crippen molar-refractivity contribution in [1.29, 1.82) is 0 Å². The van der Waals surface area contributed by atoms with E-state index in [1.165, 1.54) is 25.7 Å². The Labute approximate surface area is 121 Å². The highest BCUT2D eigenvalue weighted by Gasteiger charge is 2.25. The summed E-state index contributed by atoms with van der Waals surface area (Å²) in [5.74, 6) is 1.81.